The van der Waals surface area contributed by atoms with Gasteiger partial charge in [0.15, 0.2) is 0 Å². The Bertz CT molecular complexity index is 882. The van der Waals surface area contributed by atoms with Gasteiger partial charge in [-0.1, -0.05) is 0 Å². The van der Waals surface area contributed by atoms with Gasteiger partial charge in [0.1, 0.15) is 5.75 Å². The summed E-state index contributed by atoms with van der Waals surface area (Å²) in [4.78, 5) is 21.7. The maximum atomic E-state index is 10.9. The average Bonchev–Trinajstić information content (AvgIpc) is 3.05. The predicted octanol–water partition coefficient (Wildman–Crippen LogP) is 3.03. The van der Waals surface area contributed by atoms with Crippen LogP contribution < -0.4 is 4.74 Å². The topological polar surface area (TPSA) is 103 Å². The van der Waals surface area contributed by atoms with Gasteiger partial charge in [0.2, 0.25) is 11.8 Å². The standard InChI is InChI=1S/C17H12N2O5/c1-10(20)23-14-8-6-12(7-9-14)16-19-18-15(24-16)11-2-4-13(5-3-11)17(21)22/h2-9H,1H3,(H,21,22). The Labute approximate surface area is 136 Å². The van der Waals surface area contributed by atoms with Gasteiger partial charge in [-0.15, -0.1) is 10.2 Å². The number of hydrogen-bond acceptors (Lipinski definition) is 6. The molecule has 7 heteroatoms. The van der Waals surface area contributed by atoms with Gasteiger partial charge in [-0.2, -0.15) is 0 Å². The molecule has 0 saturated heterocycles. The van der Waals surface area contributed by atoms with Crippen LogP contribution in [0.2, 0.25) is 0 Å². The molecular formula is C17H12N2O5. The Balaban J connectivity index is 1.82. The molecule has 24 heavy (non-hydrogen) atoms. The SMILES string of the molecule is CC(=O)Oc1ccc(-c2nnc(-c3ccc(C(=O)O)cc3)o2)cc1. The number of ether oxygens (including phenoxy) is 1. The maximum absolute atomic E-state index is 10.9. The summed E-state index contributed by atoms with van der Waals surface area (Å²) in [5.41, 5.74) is 1.47. The lowest BCUT2D eigenvalue weighted by atomic mass is 10.1. The van der Waals surface area contributed by atoms with Gasteiger partial charge in [0, 0.05) is 18.1 Å². The van der Waals surface area contributed by atoms with E-state index >= 15 is 0 Å². The predicted molar refractivity (Wildman–Crippen MR) is 83.4 cm³/mol. The van der Waals surface area contributed by atoms with Crippen molar-refractivity contribution in [3.05, 3.63) is 54.1 Å². The molecule has 0 fully saturated rings. The number of esters is 1. The minimum Gasteiger partial charge on any atom is -0.478 e. The van der Waals surface area contributed by atoms with Crippen LogP contribution in [0.5, 0.6) is 5.75 Å². The Morgan fingerprint density at radius 2 is 1.42 bits per heavy atom. The third kappa shape index (κ3) is 3.30. The number of benzene rings is 2. The molecule has 0 aliphatic heterocycles. The molecule has 0 radical (unpaired) electrons. The van der Waals surface area contributed by atoms with Gasteiger partial charge in [0.05, 0.1) is 5.56 Å². The number of carboxylic acid groups (broad SMARTS) is 1. The molecule has 3 rings (SSSR count). The lowest BCUT2D eigenvalue weighted by Gasteiger charge is -2.01. The summed E-state index contributed by atoms with van der Waals surface area (Å²) >= 11 is 0. The van der Waals surface area contributed by atoms with E-state index in [0.29, 0.717) is 22.8 Å². The molecule has 1 N–H and O–H groups in total. The van der Waals surface area contributed by atoms with Crippen LogP contribution in [0.4, 0.5) is 0 Å². The lowest BCUT2D eigenvalue weighted by Crippen LogP contribution is -2.00. The van der Waals surface area contributed by atoms with Crippen LogP contribution in [-0.4, -0.2) is 27.2 Å². The lowest BCUT2D eigenvalue weighted by molar-refractivity contribution is -0.131. The van der Waals surface area contributed by atoms with Gasteiger partial charge in [-0.3, -0.25) is 4.79 Å². The first kappa shape index (κ1) is 15.4. The zero-order chi connectivity index (χ0) is 17.1. The fourth-order valence-corrected chi connectivity index (χ4v) is 2.04. The normalized spacial score (nSPS) is 10.4. The second-order valence-corrected chi connectivity index (χ2v) is 4.91. The van der Waals surface area contributed by atoms with Crippen LogP contribution in [0.3, 0.4) is 0 Å². The Hall–Kier alpha value is -3.48. The van der Waals surface area contributed by atoms with Crippen molar-refractivity contribution >= 4 is 11.9 Å². The van der Waals surface area contributed by atoms with E-state index in [1.54, 1.807) is 36.4 Å². The molecule has 2 aromatic carbocycles. The highest BCUT2D eigenvalue weighted by molar-refractivity contribution is 5.88. The zero-order valence-corrected chi connectivity index (χ0v) is 12.6. The molecule has 0 aliphatic rings. The number of rotatable bonds is 4. The molecule has 0 bridgehead atoms. The number of carbonyl (C=O) groups is 2. The second kappa shape index (κ2) is 6.33. The third-order valence-electron chi connectivity index (χ3n) is 3.17. The largest absolute Gasteiger partial charge is 0.478 e. The van der Waals surface area contributed by atoms with Gasteiger partial charge in [0.25, 0.3) is 0 Å². The highest BCUT2D eigenvalue weighted by Crippen LogP contribution is 2.25. The van der Waals surface area contributed by atoms with Crippen molar-refractivity contribution in [2.24, 2.45) is 0 Å². The third-order valence-corrected chi connectivity index (χ3v) is 3.17. The monoisotopic (exact) mass is 324 g/mol. The molecule has 0 atom stereocenters. The molecule has 0 spiro atoms. The van der Waals surface area contributed by atoms with Gasteiger partial charge < -0.3 is 14.3 Å². The van der Waals surface area contributed by atoms with E-state index in [1.165, 1.54) is 19.1 Å². The Kier molecular flexibility index (Phi) is 4.07. The molecule has 7 nitrogen and oxygen atoms in total. The molecule has 0 saturated carbocycles. The van der Waals surface area contributed by atoms with Crippen molar-refractivity contribution in [1.29, 1.82) is 0 Å². The van der Waals surface area contributed by atoms with Crippen molar-refractivity contribution in [2.75, 3.05) is 0 Å². The molecule has 3 aromatic rings. The van der Waals surface area contributed by atoms with E-state index in [0.717, 1.165) is 0 Å². The van der Waals surface area contributed by atoms with Crippen molar-refractivity contribution in [1.82, 2.24) is 10.2 Å². The van der Waals surface area contributed by atoms with E-state index in [4.69, 9.17) is 14.3 Å². The summed E-state index contributed by atoms with van der Waals surface area (Å²) in [6.45, 7) is 1.33. The summed E-state index contributed by atoms with van der Waals surface area (Å²) in [6.07, 6.45) is 0. The first-order valence-corrected chi connectivity index (χ1v) is 6.99. The molecule has 120 valence electrons. The van der Waals surface area contributed by atoms with Crippen LogP contribution in [0, 0.1) is 0 Å². The number of carboxylic acids is 1. The number of nitrogens with zero attached hydrogens (tertiary/aromatic N) is 2. The minimum absolute atomic E-state index is 0.180. The quantitative estimate of drug-likeness (QED) is 0.581. The van der Waals surface area contributed by atoms with Crippen LogP contribution in [0.15, 0.2) is 52.9 Å². The molecule has 0 unspecified atom stereocenters. The highest BCUT2D eigenvalue weighted by Gasteiger charge is 2.12. The highest BCUT2D eigenvalue weighted by atomic mass is 16.5. The van der Waals surface area contributed by atoms with Crippen molar-refractivity contribution in [3.8, 4) is 28.7 Å². The summed E-state index contributed by atoms with van der Waals surface area (Å²) in [5.74, 6) is -0.379. The minimum atomic E-state index is -0.999. The molecule has 0 aliphatic carbocycles. The molecule has 1 heterocycles. The van der Waals surface area contributed by atoms with Crippen molar-refractivity contribution < 1.29 is 23.8 Å². The van der Waals surface area contributed by atoms with Gasteiger partial charge in [-0.25, -0.2) is 4.79 Å². The fraction of sp³-hybridized carbons (Fsp3) is 0.0588. The zero-order valence-electron chi connectivity index (χ0n) is 12.6. The van der Waals surface area contributed by atoms with E-state index in [2.05, 4.69) is 10.2 Å². The Morgan fingerprint density at radius 1 is 0.917 bits per heavy atom. The summed E-state index contributed by atoms with van der Waals surface area (Å²) in [7, 11) is 0. The van der Waals surface area contributed by atoms with Crippen LogP contribution >= 0.6 is 0 Å². The van der Waals surface area contributed by atoms with Crippen LogP contribution in [-0.2, 0) is 4.79 Å². The molecular weight excluding hydrogens is 312 g/mol. The fourth-order valence-electron chi connectivity index (χ4n) is 2.04. The number of aromatic nitrogens is 2. The number of aromatic carboxylic acids is 1. The van der Waals surface area contributed by atoms with Crippen molar-refractivity contribution in [2.45, 2.75) is 6.92 Å². The second-order valence-electron chi connectivity index (χ2n) is 4.91. The average molecular weight is 324 g/mol. The van der Waals surface area contributed by atoms with Crippen LogP contribution in [0.1, 0.15) is 17.3 Å². The first-order chi connectivity index (χ1) is 11.5. The smallest absolute Gasteiger partial charge is 0.335 e. The first-order valence-electron chi connectivity index (χ1n) is 6.99. The van der Waals surface area contributed by atoms with E-state index in [-0.39, 0.29) is 11.5 Å². The van der Waals surface area contributed by atoms with Gasteiger partial charge in [-0.05, 0) is 48.5 Å². The van der Waals surface area contributed by atoms with E-state index in [9.17, 15) is 9.59 Å². The van der Waals surface area contributed by atoms with Crippen molar-refractivity contribution in [3.63, 3.8) is 0 Å². The number of hydrogen-bond donors (Lipinski definition) is 1. The Morgan fingerprint density at radius 3 is 1.88 bits per heavy atom. The summed E-state index contributed by atoms with van der Waals surface area (Å²) in [6, 6.07) is 12.8. The molecule has 0 amide bonds. The summed E-state index contributed by atoms with van der Waals surface area (Å²) in [5, 5.41) is 16.8. The maximum Gasteiger partial charge on any atom is 0.335 e. The number of carbonyl (C=O) groups excluding carboxylic acids is 1. The van der Waals surface area contributed by atoms with Gasteiger partial charge >= 0.3 is 11.9 Å². The van der Waals surface area contributed by atoms with Crippen LogP contribution in [0.25, 0.3) is 22.9 Å². The molecule has 1 aromatic heterocycles. The summed E-state index contributed by atoms with van der Waals surface area (Å²) < 4.78 is 10.6. The van der Waals surface area contributed by atoms with E-state index < -0.39 is 11.9 Å². The van der Waals surface area contributed by atoms with E-state index in [1.807, 2.05) is 0 Å².